The van der Waals surface area contributed by atoms with Crippen molar-refractivity contribution in [1.29, 1.82) is 0 Å². The van der Waals surface area contributed by atoms with Crippen LogP contribution in [0.4, 0.5) is 0 Å². The maximum Gasteiger partial charge on any atom is 0.0931 e. The Labute approximate surface area is 125 Å². The molecule has 5 heteroatoms. The minimum Gasteiger partial charge on any atom is -0.329 e. The Bertz CT molecular complexity index is 513. The summed E-state index contributed by atoms with van der Waals surface area (Å²) in [6.45, 7) is 0.603. The van der Waals surface area contributed by atoms with Crippen LogP contribution in [0.3, 0.4) is 0 Å². The zero-order valence-corrected chi connectivity index (χ0v) is 12.8. The third kappa shape index (κ3) is 3.65. The van der Waals surface area contributed by atoms with Gasteiger partial charge in [-0.2, -0.15) is 0 Å². The minimum atomic E-state index is 0.277. The van der Waals surface area contributed by atoms with Gasteiger partial charge in [0, 0.05) is 22.2 Å². The number of thioether (sulfide) groups is 1. The first-order valence-corrected chi connectivity index (χ1v) is 8.13. The number of halogens is 2. The van der Waals surface area contributed by atoms with Crippen LogP contribution in [0.2, 0.25) is 9.36 Å². The van der Waals surface area contributed by atoms with E-state index in [1.54, 1.807) is 23.1 Å². The lowest BCUT2D eigenvalue weighted by molar-refractivity contribution is 0.960. The van der Waals surface area contributed by atoms with E-state index in [1.165, 1.54) is 4.88 Å². The van der Waals surface area contributed by atoms with E-state index in [4.69, 9.17) is 28.9 Å². The van der Waals surface area contributed by atoms with Crippen molar-refractivity contribution in [3.63, 3.8) is 0 Å². The molecule has 2 aromatic rings. The van der Waals surface area contributed by atoms with Gasteiger partial charge in [0.1, 0.15) is 0 Å². The van der Waals surface area contributed by atoms with Gasteiger partial charge in [-0.15, -0.1) is 23.1 Å². The molecule has 0 spiro atoms. The summed E-state index contributed by atoms with van der Waals surface area (Å²) in [5.41, 5.74) is 6.97. The zero-order chi connectivity index (χ0) is 13.0. The normalized spacial score (nSPS) is 12.6. The summed E-state index contributed by atoms with van der Waals surface area (Å²) >= 11 is 15.5. The summed E-state index contributed by atoms with van der Waals surface area (Å²) in [6.07, 6.45) is 0. The van der Waals surface area contributed by atoms with Crippen molar-refractivity contribution in [3.8, 4) is 0 Å². The van der Waals surface area contributed by atoms with E-state index < -0.39 is 0 Å². The molecule has 0 saturated carbocycles. The molecule has 0 aliphatic rings. The number of benzene rings is 1. The standard InChI is InChI=1S/C13H13Cl2NS2/c14-10-4-2-1-3-9(10)8-17-12(7-16)11-5-6-13(15)18-11/h1-6,12H,7-8,16H2. The Balaban J connectivity index is 2.02. The van der Waals surface area contributed by atoms with Crippen molar-refractivity contribution in [1.82, 2.24) is 0 Å². The summed E-state index contributed by atoms with van der Waals surface area (Å²) < 4.78 is 0.807. The molecule has 0 fully saturated rings. The minimum absolute atomic E-state index is 0.277. The molecule has 1 heterocycles. The summed E-state index contributed by atoms with van der Waals surface area (Å²) in [5.74, 6) is 0.858. The highest BCUT2D eigenvalue weighted by atomic mass is 35.5. The lowest BCUT2D eigenvalue weighted by Gasteiger charge is -2.13. The molecule has 18 heavy (non-hydrogen) atoms. The van der Waals surface area contributed by atoms with Gasteiger partial charge in [-0.05, 0) is 23.8 Å². The second-order valence-corrected chi connectivity index (χ2v) is 7.11. The lowest BCUT2D eigenvalue weighted by Crippen LogP contribution is -2.08. The number of rotatable bonds is 5. The van der Waals surface area contributed by atoms with E-state index in [9.17, 15) is 0 Å². The Morgan fingerprint density at radius 3 is 2.56 bits per heavy atom. The molecule has 96 valence electrons. The molecule has 0 aliphatic heterocycles. The van der Waals surface area contributed by atoms with Crippen LogP contribution in [0.15, 0.2) is 36.4 Å². The fourth-order valence-electron chi connectivity index (χ4n) is 1.57. The van der Waals surface area contributed by atoms with Gasteiger partial charge in [0.2, 0.25) is 0 Å². The van der Waals surface area contributed by atoms with E-state index in [-0.39, 0.29) is 5.25 Å². The predicted octanol–water partition coefficient (Wildman–Crippen LogP) is 4.99. The van der Waals surface area contributed by atoms with Crippen molar-refractivity contribution in [2.75, 3.05) is 6.54 Å². The number of hydrogen-bond donors (Lipinski definition) is 1. The van der Waals surface area contributed by atoms with Gasteiger partial charge < -0.3 is 5.73 Å². The van der Waals surface area contributed by atoms with E-state index in [0.717, 1.165) is 20.7 Å². The van der Waals surface area contributed by atoms with Gasteiger partial charge in [-0.1, -0.05) is 41.4 Å². The van der Waals surface area contributed by atoms with Crippen LogP contribution in [0, 0.1) is 0 Å². The molecule has 1 atom stereocenters. The van der Waals surface area contributed by atoms with Crippen molar-refractivity contribution >= 4 is 46.3 Å². The molecular weight excluding hydrogens is 305 g/mol. The Morgan fingerprint density at radius 2 is 1.94 bits per heavy atom. The van der Waals surface area contributed by atoms with E-state index in [1.807, 2.05) is 36.4 Å². The topological polar surface area (TPSA) is 26.0 Å². The maximum atomic E-state index is 6.14. The monoisotopic (exact) mass is 317 g/mol. The smallest absolute Gasteiger partial charge is 0.0931 e. The largest absolute Gasteiger partial charge is 0.329 e. The van der Waals surface area contributed by atoms with Gasteiger partial charge in [-0.25, -0.2) is 0 Å². The van der Waals surface area contributed by atoms with Crippen molar-refractivity contribution in [2.45, 2.75) is 11.0 Å². The highest BCUT2D eigenvalue weighted by Gasteiger charge is 2.13. The molecule has 0 bridgehead atoms. The van der Waals surface area contributed by atoms with Gasteiger partial charge >= 0.3 is 0 Å². The second kappa shape index (κ2) is 6.83. The van der Waals surface area contributed by atoms with E-state index in [0.29, 0.717) is 6.54 Å². The third-order valence-corrected chi connectivity index (χ3v) is 5.71. The quantitative estimate of drug-likeness (QED) is 0.840. The molecule has 1 nitrogen and oxygen atoms in total. The van der Waals surface area contributed by atoms with Crippen LogP contribution in [-0.2, 0) is 5.75 Å². The maximum absolute atomic E-state index is 6.14. The molecule has 0 aliphatic carbocycles. The fourth-order valence-corrected chi connectivity index (χ4v) is 4.27. The van der Waals surface area contributed by atoms with Crippen molar-refractivity contribution in [3.05, 3.63) is 56.2 Å². The molecule has 1 aromatic heterocycles. The fraction of sp³-hybridized carbons (Fsp3) is 0.231. The van der Waals surface area contributed by atoms with Crippen molar-refractivity contribution < 1.29 is 0 Å². The van der Waals surface area contributed by atoms with E-state index in [2.05, 4.69) is 0 Å². The number of hydrogen-bond acceptors (Lipinski definition) is 3. The second-order valence-electron chi connectivity index (χ2n) is 3.77. The first-order valence-electron chi connectivity index (χ1n) is 5.51. The predicted molar refractivity (Wildman–Crippen MR) is 83.9 cm³/mol. The Morgan fingerprint density at radius 1 is 1.17 bits per heavy atom. The van der Waals surface area contributed by atoms with Crippen LogP contribution in [0.5, 0.6) is 0 Å². The van der Waals surface area contributed by atoms with Crippen LogP contribution < -0.4 is 5.73 Å². The van der Waals surface area contributed by atoms with Crippen LogP contribution >= 0.6 is 46.3 Å². The van der Waals surface area contributed by atoms with Gasteiger partial charge in [0.15, 0.2) is 0 Å². The molecular formula is C13H13Cl2NS2. The molecule has 1 unspecified atom stereocenters. The average molecular weight is 318 g/mol. The third-order valence-electron chi connectivity index (χ3n) is 2.52. The van der Waals surface area contributed by atoms with Gasteiger partial charge in [-0.3, -0.25) is 0 Å². The lowest BCUT2D eigenvalue weighted by atomic mass is 10.2. The first-order chi connectivity index (χ1) is 8.70. The first kappa shape index (κ1) is 14.2. The SMILES string of the molecule is NCC(SCc1ccccc1Cl)c1ccc(Cl)s1. The molecule has 2 N–H and O–H groups in total. The Kier molecular flexibility index (Phi) is 5.39. The van der Waals surface area contributed by atoms with E-state index >= 15 is 0 Å². The zero-order valence-electron chi connectivity index (χ0n) is 9.61. The van der Waals surface area contributed by atoms with Crippen LogP contribution in [0.1, 0.15) is 15.7 Å². The molecule has 0 radical (unpaired) electrons. The summed E-state index contributed by atoms with van der Waals surface area (Å²) in [4.78, 5) is 1.22. The van der Waals surface area contributed by atoms with Crippen molar-refractivity contribution in [2.24, 2.45) is 5.73 Å². The highest BCUT2D eigenvalue weighted by Crippen LogP contribution is 2.37. The number of nitrogens with two attached hydrogens (primary N) is 1. The van der Waals surface area contributed by atoms with Crippen LogP contribution in [0.25, 0.3) is 0 Å². The summed E-state index contributed by atoms with van der Waals surface area (Å²) in [7, 11) is 0. The van der Waals surface area contributed by atoms with Gasteiger partial charge in [0.25, 0.3) is 0 Å². The van der Waals surface area contributed by atoms with Crippen LogP contribution in [-0.4, -0.2) is 6.54 Å². The Hall–Kier alpha value is -0.190. The average Bonchev–Trinajstić information content (AvgIpc) is 2.79. The van der Waals surface area contributed by atoms with Gasteiger partial charge in [0.05, 0.1) is 9.59 Å². The summed E-state index contributed by atoms with van der Waals surface area (Å²) in [6, 6.07) is 11.9. The molecule has 1 aromatic carbocycles. The number of thiophene rings is 1. The summed E-state index contributed by atoms with van der Waals surface area (Å²) in [5, 5.41) is 1.09. The molecule has 0 saturated heterocycles. The molecule has 0 amide bonds. The molecule has 2 rings (SSSR count). The highest BCUT2D eigenvalue weighted by molar-refractivity contribution is 7.98.